The Morgan fingerprint density at radius 1 is 1.25 bits per heavy atom. The molecule has 0 saturated carbocycles. The topological polar surface area (TPSA) is 79.1 Å². The minimum atomic E-state index is 0.0319. The van der Waals surface area contributed by atoms with Gasteiger partial charge in [-0.25, -0.2) is 0 Å². The van der Waals surface area contributed by atoms with Crippen molar-refractivity contribution in [3.05, 3.63) is 78.1 Å². The summed E-state index contributed by atoms with van der Waals surface area (Å²) in [6.07, 6.45) is 9.15. The lowest BCUT2D eigenvalue weighted by atomic mass is 10.0. The second-order valence-electron chi connectivity index (χ2n) is 7.24. The molecule has 2 heterocycles. The number of hydrogen-bond acceptors (Lipinski definition) is 4. The number of nitrogens with two attached hydrogens (primary N) is 1. The number of rotatable bonds is 3. The van der Waals surface area contributed by atoms with E-state index >= 15 is 0 Å². The lowest BCUT2D eigenvalue weighted by Crippen LogP contribution is -2.42. The number of aromatic nitrogens is 2. The molecular formula is C22H23N6+. The van der Waals surface area contributed by atoms with Gasteiger partial charge in [-0.1, -0.05) is 23.3 Å². The van der Waals surface area contributed by atoms with Crippen LogP contribution in [0.4, 0.5) is 11.4 Å². The van der Waals surface area contributed by atoms with Gasteiger partial charge in [0.1, 0.15) is 6.54 Å². The molecule has 1 aromatic heterocycles. The van der Waals surface area contributed by atoms with E-state index in [-0.39, 0.29) is 6.04 Å². The highest BCUT2D eigenvalue weighted by Gasteiger charge is 2.43. The number of quaternary nitrogens is 1. The number of nitrogens with zero attached hydrogens (tertiary/aromatic N) is 3. The number of hydrogen-bond donors (Lipinski definition) is 3. The molecule has 0 fully saturated rings. The normalized spacial score (nSPS) is 23.4. The summed E-state index contributed by atoms with van der Waals surface area (Å²) in [5.74, 6) is 0.869. The molecule has 1 aliphatic carbocycles. The van der Waals surface area contributed by atoms with E-state index in [1.807, 2.05) is 18.3 Å². The molecule has 0 saturated heterocycles. The summed E-state index contributed by atoms with van der Waals surface area (Å²) < 4.78 is 0.427. The molecule has 0 radical (unpaired) electrons. The molecule has 140 valence electrons. The number of likely N-dealkylation sites (N-methyl/N-ethyl adjacent to an activating group) is 1. The summed E-state index contributed by atoms with van der Waals surface area (Å²) in [4.78, 5) is 0. The standard InChI is InChI=1S/C22H23N6/c1-2-28(18-7-5-6-16(23)13-18)21-9-4-3-8-19(21)22(27-28)25-17-10-11-20-15(12-17)14-24-26-20/h3-5,7-14,16H,2,6,23H2,1H3,(H,24,26)(H,25,27)/q+1. The second-order valence-corrected chi connectivity index (χ2v) is 7.24. The first-order valence-electron chi connectivity index (χ1n) is 9.62. The highest BCUT2D eigenvalue weighted by atomic mass is 15.7. The van der Waals surface area contributed by atoms with Gasteiger partial charge in [0.25, 0.3) is 0 Å². The first-order valence-corrected chi connectivity index (χ1v) is 9.62. The molecule has 3 aromatic rings. The maximum Gasteiger partial charge on any atom is 0.200 e. The fourth-order valence-electron chi connectivity index (χ4n) is 4.08. The molecule has 2 atom stereocenters. The molecule has 5 rings (SSSR count). The predicted molar refractivity (Wildman–Crippen MR) is 115 cm³/mol. The van der Waals surface area contributed by atoms with Gasteiger partial charge in [-0.2, -0.15) is 5.10 Å². The van der Waals surface area contributed by atoms with Gasteiger partial charge < -0.3 is 11.1 Å². The highest BCUT2D eigenvalue weighted by Crippen LogP contribution is 2.40. The van der Waals surface area contributed by atoms with E-state index in [1.54, 1.807) is 0 Å². The van der Waals surface area contributed by atoms with Crippen molar-refractivity contribution >= 4 is 28.1 Å². The van der Waals surface area contributed by atoms with E-state index in [0.717, 1.165) is 46.7 Å². The Kier molecular flexibility index (Phi) is 3.89. The summed E-state index contributed by atoms with van der Waals surface area (Å²) in [6.45, 7) is 2.97. The Hall–Kier alpha value is -3.22. The van der Waals surface area contributed by atoms with Crippen LogP contribution in [-0.4, -0.2) is 28.6 Å². The molecule has 0 amide bonds. The summed E-state index contributed by atoms with van der Waals surface area (Å²) in [7, 11) is 0. The smallest absolute Gasteiger partial charge is 0.200 e. The predicted octanol–water partition coefficient (Wildman–Crippen LogP) is 3.85. The fraction of sp³-hybridized carbons (Fsp3) is 0.182. The SMILES string of the molecule is CC[N+]1(C2=CC(N)CC=C2)N=C(Nc2ccc3[nH]ncc3c2)c2ccccc21. The van der Waals surface area contributed by atoms with Gasteiger partial charge in [-0.15, -0.1) is 4.59 Å². The zero-order valence-electron chi connectivity index (χ0n) is 15.8. The van der Waals surface area contributed by atoms with E-state index < -0.39 is 0 Å². The molecule has 2 unspecified atom stereocenters. The van der Waals surface area contributed by atoms with Gasteiger partial charge in [-0.05, 0) is 49.8 Å². The summed E-state index contributed by atoms with van der Waals surface area (Å²) in [5, 5.41) is 16.9. The number of allylic oxidation sites excluding steroid dienone is 1. The molecule has 4 N–H and O–H groups in total. The molecule has 6 heteroatoms. The van der Waals surface area contributed by atoms with Gasteiger partial charge in [0.05, 0.1) is 17.3 Å². The zero-order chi connectivity index (χ0) is 19.1. The third-order valence-corrected chi connectivity index (χ3v) is 5.50. The van der Waals surface area contributed by atoms with Crippen molar-refractivity contribution < 1.29 is 0 Å². The van der Waals surface area contributed by atoms with Crippen LogP contribution in [0.25, 0.3) is 10.9 Å². The third-order valence-electron chi connectivity index (χ3n) is 5.50. The van der Waals surface area contributed by atoms with Crippen LogP contribution in [0.3, 0.4) is 0 Å². The molecule has 6 nitrogen and oxygen atoms in total. The minimum absolute atomic E-state index is 0.0319. The largest absolute Gasteiger partial charge is 0.335 e. The van der Waals surface area contributed by atoms with Crippen LogP contribution < -0.4 is 15.6 Å². The molecule has 0 bridgehead atoms. The van der Waals surface area contributed by atoms with E-state index in [0.29, 0.717) is 4.59 Å². The van der Waals surface area contributed by atoms with Gasteiger partial charge in [0.2, 0.25) is 5.84 Å². The zero-order valence-corrected chi connectivity index (χ0v) is 15.8. The van der Waals surface area contributed by atoms with Crippen molar-refractivity contribution in [3.63, 3.8) is 0 Å². The Bertz CT molecular complexity index is 1140. The average molecular weight is 371 g/mol. The number of benzene rings is 2. The molecule has 2 aliphatic rings. The van der Waals surface area contributed by atoms with Crippen LogP contribution in [0.5, 0.6) is 0 Å². The number of amidine groups is 1. The lowest BCUT2D eigenvalue weighted by Gasteiger charge is -2.30. The van der Waals surface area contributed by atoms with Gasteiger partial charge >= 0.3 is 0 Å². The number of aromatic amines is 1. The second kappa shape index (κ2) is 6.44. The average Bonchev–Trinajstić information content (AvgIpc) is 3.31. The van der Waals surface area contributed by atoms with E-state index in [2.05, 4.69) is 71.0 Å². The monoisotopic (exact) mass is 371 g/mol. The molecule has 28 heavy (non-hydrogen) atoms. The Morgan fingerprint density at radius 3 is 3.00 bits per heavy atom. The van der Waals surface area contributed by atoms with Crippen LogP contribution >= 0.6 is 0 Å². The van der Waals surface area contributed by atoms with E-state index in [9.17, 15) is 0 Å². The lowest BCUT2D eigenvalue weighted by molar-refractivity contribution is 0.391. The maximum atomic E-state index is 6.22. The Balaban J connectivity index is 1.61. The quantitative estimate of drug-likeness (QED) is 0.612. The first-order chi connectivity index (χ1) is 13.7. The summed E-state index contributed by atoms with van der Waals surface area (Å²) in [5.41, 5.74) is 11.6. The van der Waals surface area contributed by atoms with Crippen LogP contribution in [0, 0.1) is 0 Å². The fourth-order valence-corrected chi connectivity index (χ4v) is 4.08. The minimum Gasteiger partial charge on any atom is -0.335 e. The van der Waals surface area contributed by atoms with Gasteiger partial charge in [-0.3, -0.25) is 5.10 Å². The Labute approximate surface area is 163 Å². The number of para-hydroxylation sites is 1. The van der Waals surface area contributed by atoms with Gasteiger partial charge in [0, 0.05) is 23.2 Å². The van der Waals surface area contributed by atoms with Gasteiger partial charge in [0.15, 0.2) is 11.4 Å². The van der Waals surface area contributed by atoms with Crippen LogP contribution in [0.1, 0.15) is 18.9 Å². The number of nitrogens with one attached hydrogen (secondary N) is 2. The first kappa shape index (κ1) is 16.9. The van der Waals surface area contributed by atoms with Crippen molar-refractivity contribution in [3.8, 4) is 0 Å². The van der Waals surface area contributed by atoms with Crippen LogP contribution in [-0.2, 0) is 0 Å². The van der Waals surface area contributed by atoms with Crippen molar-refractivity contribution in [1.29, 1.82) is 0 Å². The van der Waals surface area contributed by atoms with Crippen LogP contribution in [0.15, 0.2) is 77.7 Å². The molecule has 0 spiro atoms. The van der Waals surface area contributed by atoms with Crippen molar-refractivity contribution in [2.24, 2.45) is 10.8 Å². The number of fused-ring (bicyclic) bond motifs is 2. The highest BCUT2D eigenvalue weighted by molar-refractivity contribution is 6.14. The van der Waals surface area contributed by atoms with E-state index in [1.165, 1.54) is 5.69 Å². The third kappa shape index (κ3) is 2.58. The van der Waals surface area contributed by atoms with Crippen molar-refractivity contribution in [2.45, 2.75) is 19.4 Å². The number of H-pyrrole nitrogens is 1. The van der Waals surface area contributed by atoms with Crippen molar-refractivity contribution in [2.75, 3.05) is 11.9 Å². The summed E-state index contributed by atoms with van der Waals surface area (Å²) >= 11 is 0. The maximum absolute atomic E-state index is 6.22. The Morgan fingerprint density at radius 2 is 2.14 bits per heavy atom. The summed E-state index contributed by atoms with van der Waals surface area (Å²) in [6, 6.07) is 14.6. The van der Waals surface area contributed by atoms with Crippen molar-refractivity contribution in [1.82, 2.24) is 14.8 Å². The molecule has 1 aliphatic heterocycles. The molecular weight excluding hydrogens is 348 g/mol. The van der Waals surface area contributed by atoms with Crippen LogP contribution in [0.2, 0.25) is 0 Å². The number of anilines is 1. The molecule has 2 aromatic carbocycles. The van der Waals surface area contributed by atoms with E-state index in [4.69, 9.17) is 10.8 Å².